The number of allylic oxidation sites excluding steroid dienone is 1. The molecule has 15 heavy (non-hydrogen) atoms. The number of hydrogen-bond acceptors (Lipinski definition) is 3. The monoisotopic (exact) mass is 213 g/mol. The van der Waals surface area contributed by atoms with E-state index in [0.717, 1.165) is 6.54 Å². The van der Waals surface area contributed by atoms with Crippen molar-refractivity contribution in [3.05, 3.63) is 11.6 Å². The fraction of sp³-hybridized carbons (Fsp3) is 0.727. The molecule has 0 aromatic rings. The van der Waals surface area contributed by atoms with Crippen LogP contribution >= 0.6 is 0 Å². The smallest absolute Gasteiger partial charge is 0.307 e. The SMILES string of the molecule is CC(C)=CCN1CC(O)CC(C(=O)O)C1. The first-order valence-corrected chi connectivity index (χ1v) is 5.25. The highest BCUT2D eigenvalue weighted by atomic mass is 16.4. The van der Waals surface area contributed by atoms with Crippen molar-refractivity contribution in [2.75, 3.05) is 19.6 Å². The first-order chi connectivity index (χ1) is 6.99. The van der Waals surface area contributed by atoms with Gasteiger partial charge in [0.1, 0.15) is 0 Å². The summed E-state index contributed by atoms with van der Waals surface area (Å²) in [5.41, 5.74) is 1.21. The molecule has 0 aromatic heterocycles. The van der Waals surface area contributed by atoms with Crippen LogP contribution in [0.2, 0.25) is 0 Å². The maximum absolute atomic E-state index is 10.8. The number of aliphatic hydroxyl groups excluding tert-OH is 1. The zero-order valence-electron chi connectivity index (χ0n) is 9.31. The van der Waals surface area contributed by atoms with Gasteiger partial charge in [0.25, 0.3) is 0 Å². The zero-order chi connectivity index (χ0) is 11.4. The summed E-state index contributed by atoms with van der Waals surface area (Å²) in [7, 11) is 0. The molecule has 0 radical (unpaired) electrons. The highest BCUT2D eigenvalue weighted by Gasteiger charge is 2.29. The summed E-state index contributed by atoms with van der Waals surface area (Å²) in [4.78, 5) is 12.8. The Balaban J connectivity index is 2.52. The number of hydrogen-bond donors (Lipinski definition) is 2. The van der Waals surface area contributed by atoms with Gasteiger partial charge < -0.3 is 10.2 Å². The van der Waals surface area contributed by atoms with E-state index < -0.39 is 18.0 Å². The Hall–Kier alpha value is -0.870. The maximum atomic E-state index is 10.8. The molecule has 1 heterocycles. The molecule has 0 aromatic carbocycles. The Morgan fingerprint density at radius 3 is 2.67 bits per heavy atom. The second-order valence-corrected chi connectivity index (χ2v) is 4.42. The summed E-state index contributed by atoms with van der Waals surface area (Å²) >= 11 is 0. The van der Waals surface area contributed by atoms with Gasteiger partial charge in [0.2, 0.25) is 0 Å². The summed E-state index contributed by atoms with van der Waals surface area (Å²) in [6.07, 6.45) is 1.92. The highest BCUT2D eigenvalue weighted by molar-refractivity contribution is 5.70. The second kappa shape index (κ2) is 5.28. The third kappa shape index (κ3) is 4.01. The normalized spacial score (nSPS) is 27.4. The van der Waals surface area contributed by atoms with Gasteiger partial charge in [0.15, 0.2) is 0 Å². The molecular weight excluding hydrogens is 194 g/mol. The average molecular weight is 213 g/mol. The van der Waals surface area contributed by atoms with Crippen LogP contribution in [0.3, 0.4) is 0 Å². The molecule has 0 aliphatic carbocycles. The van der Waals surface area contributed by atoms with Gasteiger partial charge in [-0.25, -0.2) is 0 Å². The van der Waals surface area contributed by atoms with Gasteiger partial charge >= 0.3 is 5.97 Å². The lowest BCUT2D eigenvalue weighted by Crippen LogP contribution is -2.45. The van der Waals surface area contributed by atoms with Gasteiger partial charge in [0.05, 0.1) is 12.0 Å². The van der Waals surface area contributed by atoms with Gasteiger partial charge in [-0.05, 0) is 20.3 Å². The van der Waals surface area contributed by atoms with Gasteiger partial charge in [0, 0.05) is 19.6 Å². The van der Waals surface area contributed by atoms with Crippen molar-refractivity contribution >= 4 is 5.97 Å². The second-order valence-electron chi connectivity index (χ2n) is 4.42. The molecule has 86 valence electrons. The maximum Gasteiger partial charge on any atom is 0.307 e. The summed E-state index contributed by atoms with van der Waals surface area (Å²) in [5.74, 6) is -1.24. The molecule has 1 aliphatic rings. The van der Waals surface area contributed by atoms with Crippen LogP contribution in [-0.4, -0.2) is 46.8 Å². The van der Waals surface area contributed by atoms with Crippen molar-refractivity contribution in [2.24, 2.45) is 5.92 Å². The van der Waals surface area contributed by atoms with E-state index >= 15 is 0 Å². The molecular formula is C11H19NO3. The Labute approximate surface area is 90.2 Å². The number of carboxylic acids is 1. The number of nitrogens with zero attached hydrogens (tertiary/aromatic N) is 1. The Bertz CT molecular complexity index is 259. The van der Waals surface area contributed by atoms with Crippen molar-refractivity contribution in [3.8, 4) is 0 Å². The van der Waals surface area contributed by atoms with Gasteiger partial charge in [-0.2, -0.15) is 0 Å². The largest absolute Gasteiger partial charge is 0.481 e. The number of rotatable bonds is 3. The third-order valence-electron chi connectivity index (χ3n) is 2.61. The molecule has 0 spiro atoms. The molecule has 1 saturated heterocycles. The number of piperidine rings is 1. The van der Waals surface area contributed by atoms with Gasteiger partial charge in [-0.3, -0.25) is 9.69 Å². The lowest BCUT2D eigenvalue weighted by Gasteiger charge is -2.33. The third-order valence-corrected chi connectivity index (χ3v) is 2.61. The molecule has 1 fully saturated rings. The predicted molar refractivity (Wildman–Crippen MR) is 57.6 cm³/mol. The molecule has 2 atom stereocenters. The quantitative estimate of drug-likeness (QED) is 0.678. The fourth-order valence-corrected chi connectivity index (χ4v) is 1.80. The van der Waals surface area contributed by atoms with E-state index in [0.29, 0.717) is 19.5 Å². The van der Waals surface area contributed by atoms with Crippen LogP contribution in [-0.2, 0) is 4.79 Å². The van der Waals surface area contributed by atoms with E-state index in [1.54, 1.807) is 0 Å². The van der Waals surface area contributed by atoms with Crippen LogP contribution < -0.4 is 0 Å². The number of aliphatic carboxylic acids is 1. The molecule has 1 rings (SSSR count). The van der Waals surface area contributed by atoms with E-state index in [1.807, 2.05) is 18.7 Å². The summed E-state index contributed by atoms with van der Waals surface area (Å²) in [6.45, 7) is 5.86. The Morgan fingerprint density at radius 2 is 2.13 bits per heavy atom. The standard InChI is InChI=1S/C11H19NO3/c1-8(2)3-4-12-6-9(11(14)15)5-10(13)7-12/h3,9-10,13H,4-7H2,1-2H3,(H,14,15). The number of likely N-dealkylation sites (tertiary alicyclic amines) is 1. The summed E-state index contributed by atoms with van der Waals surface area (Å²) in [6, 6.07) is 0. The Kier molecular flexibility index (Phi) is 4.29. The number of carbonyl (C=O) groups is 1. The minimum absolute atomic E-state index is 0.376. The molecule has 0 saturated carbocycles. The van der Waals surface area contributed by atoms with Crippen molar-refractivity contribution in [1.29, 1.82) is 0 Å². The van der Waals surface area contributed by atoms with Crippen LogP contribution in [0.25, 0.3) is 0 Å². The first kappa shape index (κ1) is 12.2. The van der Waals surface area contributed by atoms with Crippen molar-refractivity contribution < 1.29 is 15.0 Å². The van der Waals surface area contributed by atoms with E-state index in [4.69, 9.17) is 5.11 Å². The van der Waals surface area contributed by atoms with Gasteiger partial charge in [-0.1, -0.05) is 11.6 Å². The fourth-order valence-electron chi connectivity index (χ4n) is 1.80. The van der Waals surface area contributed by atoms with E-state index in [-0.39, 0.29) is 0 Å². The first-order valence-electron chi connectivity index (χ1n) is 5.25. The van der Waals surface area contributed by atoms with Crippen LogP contribution in [0, 0.1) is 5.92 Å². The molecule has 4 heteroatoms. The lowest BCUT2D eigenvalue weighted by molar-refractivity contribution is -0.145. The van der Waals surface area contributed by atoms with Crippen LogP contribution in [0.1, 0.15) is 20.3 Å². The highest BCUT2D eigenvalue weighted by Crippen LogP contribution is 2.17. The number of aliphatic hydroxyl groups is 1. The number of carboxylic acid groups (broad SMARTS) is 1. The summed E-state index contributed by atoms with van der Waals surface area (Å²) < 4.78 is 0. The minimum Gasteiger partial charge on any atom is -0.481 e. The topological polar surface area (TPSA) is 60.8 Å². The van der Waals surface area contributed by atoms with Crippen molar-refractivity contribution in [1.82, 2.24) is 4.90 Å². The Morgan fingerprint density at radius 1 is 1.47 bits per heavy atom. The zero-order valence-corrected chi connectivity index (χ0v) is 9.31. The van der Waals surface area contributed by atoms with E-state index in [1.165, 1.54) is 5.57 Å². The molecule has 4 nitrogen and oxygen atoms in total. The van der Waals surface area contributed by atoms with Crippen molar-refractivity contribution in [3.63, 3.8) is 0 Å². The van der Waals surface area contributed by atoms with Crippen LogP contribution in [0.4, 0.5) is 0 Å². The molecule has 0 amide bonds. The summed E-state index contributed by atoms with van der Waals surface area (Å²) in [5, 5.41) is 18.4. The molecule has 0 bridgehead atoms. The lowest BCUT2D eigenvalue weighted by atomic mass is 9.96. The van der Waals surface area contributed by atoms with E-state index in [9.17, 15) is 9.90 Å². The average Bonchev–Trinajstić information content (AvgIpc) is 2.13. The number of β-amino-alcohol motifs (C(OH)–C–C–N with tert-alkyl or cyclic N) is 1. The van der Waals surface area contributed by atoms with Crippen LogP contribution in [0.5, 0.6) is 0 Å². The van der Waals surface area contributed by atoms with Gasteiger partial charge in [-0.15, -0.1) is 0 Å². The van der Waals surface area contributed by atoms with Crippen LogP contribution in [0.15, 0.2) is 11.6 Å². The van der Waals surface area contributed by atoms with E-state index in [2.05, 4.69) is 6.08 Å². The van der Waals surface area contributed by atoms with Crippen molar-refractivity contribution in [2.45, 2.75) is 26.4 Å². The molecule has 2 unspecified atom stereocenters. The molecule has 1 aliphatic heterocycles. The predicted octanol–water partition coefficient (Wildman–Crippen LogP) is 0.720. The molecule has 2 N–H and O–H groups in total. The minimum atomic E-state index is -0.809.